The second-order valence-electron chi connectivity index (χ2n) is 5.00. The zero-order chi connectivity index (χ0) is 14.7. The summed E-state index contributed by atoms with van der Waals surface area (Å²) in [6.07, 6.45) is 1.73. The number of nitrogens with zero attached hydrogens (tertiary/aromatic N) is 2. The van der Waals surface area contributed by atoms with Crippen LogP contribution in [0.5, 0.6) is 0 Å². The molecule has 1 saturated heterocycles. The van der Waals surface area contributed by atoms with Crippen molar-refractivity contribution < 1.29 is 9.32 Å². The normalized spacial score (nSPS) is 18.7. The van der Waals surface area contributed by atoms with Gasteiger partial charge < -0.3 is 14.7 Å². The third-order valence-electron chi connectivity index (χ3n) is 3.65. The minimum absolute atomic E-state index is 0.0373. The Labute approximate surface area is 127 Å². The number of carbonyl (C=O) groups excluding carboxylic acids is 1. The van der Waals surface area contributed by atoms with E-state index in [-0.39, 0.29) is 18.4 Å². The van der Waals surface area contributed by atoms with Crippen LogP contribution in [0.2, 0.25) is 5.02 Å². The number of hydrogen-bond acceptors (Lipinski definition) is 4. The molecule has 2 aromatic rings. The summed E-state index contributed by atoms with van der Waals surface area (Å²) in [5.41, 5.74) is 1.62. The van der Waals surface area contributed by atoms with Crippen molar-refractivity contribution in [3.05, 3.63) is 52.9 Å². The van der Waals surface area contributed by atoms with Gasteiger partial charge in [0.1, 0.15) is 6.26 Å². The molecule has 0 aliphatic carbocycles. The van der Waals surface area contributed by atoms with Crippen molar-refractivity contribution in [3.63, 3.8) is 0 Å². The molecule has 1 amide bonds. The highest BCUT2D eigenvalue weighted by atomic mass is 35.5. The first kappa shape index (κ1) is 14.1. The lowest BCUT2D eigenvalue weighted by molar-refractivity contribution is -0.133. The molecule has 21 heavy (non-hydrogen) atoms. The maximum absolute atomic E-state index is 12.5. The molecule has 0 radical (unpaired) electrons. The van der Waals surface area contributed by atoms with Crippen LogP contribution in [0.3, 0.4) is 0 Å². The van der Waals surface area contributed by atoms with Crippen molar-refractivity contribution in [2.24, 2.45) is 0 Å². The van der Waals surface area contributed by atoms with E-state index >= 15 is 0 Å². The fraction of sp³-hybridized carbons (Fsp3) is 0.333. The van der Waals surface area contributed by atoms with E-state index in [0.717, 1.165) is 12.1 Å². The lowest BCUT2D eigenvalue weighted by atomic mass is 10.0. The summed E-state index contributed by atoms with van der Waals surface area (Å²) < 4.78 is 4.78. The van der Waals surface area contributed by atoms with Gasteiger partial charge in [0, 0.05) is 30.7 Å². The molecule has 1 atom stereocenters. The van der Waals surface area contributed by atoms with Crippen molar-refractivity contribution >= 4 is 17.5 Å². The number of hydrogen-bond donors (Lipinski definition) is 1. The zero-order valence-corrected chi connectivity index (χ0v) is 12.2. The maximum Gasteiger partial charge on any atom is 0.229 e. The monoisotopic (exact) mass is 305 g/mol. The first-order chi connectivity index (χ1) is 10.3. The van der Waals surface area contributed by atoms with Crippen molar-refractivity contribution in [1.82, 2.24) is 15.4 Å². The summed E-state index contributed by atoms with van der Waals surface area (Å²) in [4.78, 5) is 14.4. The first-order valence-electron chi connectivity index (χ1n) is 6.89. The number of benzene rings is 1. The molecule has 1 aliphatic rings. The molecular weight excluding hydrogens is 290 g/mol. The van der Waals surface area contributed by atoms with E-state index in [1.165, 1.54) is 6.26 Å². The smallest absolute Gasteiger partial charge is 0.229 e. The Kier molecular flexibility index (Phi) is 4.22. The van der Waals surface area contributed by atoms with E-state index < -0.39 is 0 Å². The second-order valence-corrected chi connectivity index (χ2v) is 5.40. The van der Waals surface area contributed by atoms with Crippen LogP contribution in [0.25, 0.3) is 0 Å². The number of aromatic nitrogens is 1. The molecule has 1 aromatic heterocycles. The largest absolute Gasteiger partial charge is 0.364 e. The number of carbonyl (C=O) groups is 1. The van der Waals surface area contributed by atoms with Crippen LogP contribution < -0.4 is 5.32 Å². The third-order valence-corrected chi connectivity index (χ3v) is 4.00. The zero-order valence-electron chi connectivity index (χ0n) is 11.5. The first-order valence-corrected chi connectivity index (χ1v) is 7.27. The molecule has 6 heteroatoms. The average Bonchev–Trinajstić information content (AvgIpc) is 3.01. The quantitative estimate of drug-likeness (QED) is 0.943. The third kappa shape index (κ3) is 3.09. The summed E-state index contributed by atoms with van der Waals surface area (Å²) >= 11 is 6.28. The molecule has 1 aromatic carbocycles. The van der Waals surface area contributed by atoms with Gasteiger partial charge in [-0.05, 0) is 11.6 Å². The van der Waals surface area contributed by atoms with Crippen molar-refractivity contribution in [2.45, 2.75) is 12.5 Å². The highest BCUT2D eigenvalue weighted by Crippen LogP contribution is 2.28. The number of halogens is 1. The second kappa shape index (κ2) is 6.28. The molecule has 2 heterocycles. The lowest BCUT2D eigenvalue weighted by Gasteiger charge is -2.37. The number of rotatable bonds is 3. The average molecular weight is 306 g/mol. The predicted octanol–water partition coefficient (Wildman–Crippen LogP) is 2.04. The van der Waals surface area contributed by atoms with Gasteiger partial charge in [-0.2, -0.15) is 0 Å². The van der Waals surface area contributed by atoms with Gasteiger partial charge in [0.25, 0.3) is 0 Å². The number of nitrogens with one attached hydrogen (secondary N) is 1. The Morgan fingerprint density at radius 1 is 1.43 bits per heavy atom. The Morgan fingerprint density at radius 2 is 2.29 bits per heavy atom. The van der Waals surface area contributed by atoms with Gasteiger partial charge in [-0.3, -0.25) is 4.79 Å². The van der Waals surface area contributed by atoms with Crippen LogP contribution in [0, 0.1) is 0 Å². The van der Waals surface area contributed by atoms with Gasteiger partial charge >= 0.3 is 0 Å². The van der Waals surface area contributed by atoms with E-state index in [1.807, 2.05) is 29.2 Å². The summed E-state index contributed by atoms with van der Waals surface area (Å²) in [5.74, 6) is 0.0373. The molecule has 0 bridgehead atoms. The highest BCUT2D eigenvalue weighted by Gasteiger charge is 2.29. The number of amides is 1. The van der Waals surface area contributed by atoms with Gasteiger partial charge in [-0.25, -0.2) is 0 Å². The fourth-order valence-electron chi connectivity index (χ4n) is 2.61. The molecular formula is C15H16ClN3O2. The maximum atomic E-state index is 12.5. The van der Waals surface area contributed by atoms with Crippen molar-refractivity contribution in [3.8, 4) is 0 Å². The van der Waals surface area contributed by atoms with E-state index in [2.05, 4.69) is 10.5 Å². The molecule has 110 valence electrons. The van der Waals surface area contributed by atoms with Gasteiger partial charge in [0.05, 0.1) is 18.2 Å². The Bertz CT molecular complexity index is 615. The van der Waals surface area contributed by atoms with Crippen LogP contribution in [-0.4, -0.2) is 35.6 Å². The Hall–Kier alpha value is -1.85. The van der Waals surface area contributed by atoms with Crippen LogP contribution in [0.1, 0.15) is 17.3 Å². The summed E-state index contributed by atoms with van der Waals surface area (Å²) in [7, 11) is 0. The Balaban J connectivity index is 1.81. The summed E-state index contributed by atoms with van der Waals surface area (Å²) in [6.45, 7) is 2.15. The van der Waals surface area contributed by atoms with E-state index in [9.17, 15) is 4.79 Å². The molecule has 3 rings (SSSR count). The van der Waals surface area contributed by atoms with E-state index in [0.29, 0.717) is 23.8 Å². The van der Waals surface area contributed by atoms with Gasteiger partial charge in [0.2, 0.25) is 5.91 Å². The van der Waals surface area contributed by atoms with E-state index in [4.69, 9.17) is 16.1 Å². The van der Waals surface area contributed by atoms with Crippen LogP contribution in [-0.2, 0) is 11.2 Å². The minimum atomic E-state index is -0.0492. The molecule has 0 spiro atoms. The Morgan fingerprint density at radius 3 is 3.05 bits per heavy atom. The molecule has 1 N–H and O–H groups in total. The molecule has 0 saturated carbocycles. The van der Waals surface area contributed by atoms with Gasteiger partial charge in [0.15, 0.2) is 0 Å². The highest BCUT2D eigenvalue weighted by molar-refractivity contribution is 6.31. The van der Waals surface area contributed by atoms with Gasteiger partial charge in [-0.15, -0.1) is 0 Å². The van der Waals surface area contributed by atoms with Crippen molar-refractivity contribution in [1.29, 1.82) is 0 Å². The lowest BCUT2D eigenvalue weighted by Crippen LogP contribution is -2.49. The molecule has 1 aliphatic heterocycles. The molecule has 1 fully saturated rings. The predicted molar refractivity (Wildman–Crippen MR) is 79.0 cm³/mol. The van der Waals surface area contributed by atoms with Crippen LogP contribution in [0.4, 0.5) is 0 Å². The number of piperazine rings is 1. The van der Waals surface area contributed by atoms with Crippen LogP contribution >= 0.6 is 11.6 Å². The van der Waals surface area contributed by atoms with Gasteiger partial charge in [-0.1, -0.05) is 35.0 Å². The standard InChI is InChI=1S/C15H16ClN3O2/c16-13-4-2-1-3-12(13)14-10-17-6-7-19(14)15(20)9-11-5-8-21-18-11/h1-5,8,14,17H,6-7,9-10H2. The minimum Gasteiger partial charge on any atom is -0.364 e. The molecule has 5 nitrogen and oxygen atoms in total. The fourth-order valence-corrected chi connectivity index (χ4v) is 2.87. The van der Waals surface area contributed by atoms with Crippen molar-refractivity contribution in [2.75, 3.05) is 19.6 Å². The van der Waals surface area contributed by atoms with Crippen LogP contribution in [0.15, 0.2) is 41.1 Å². The SMILES string of the molecule is O=C(Cc1ccon1)N1CCNCC1c1ccccc1Cl. The topological polar surface area (TPSA) is 58.4 Å². The molecule has 1 unspecified atom stereocenters. The summed E-state index contributed by atoms with van der Waals surface area (Å²) in [6, 6.07) is 9.32. The van der Waals surface area contributed by atoms with E-state index in [1.54, 1.807) is 6.07 Å². The summed E-state index contributed by atoms with van der Waals surface area (Å²) in [5, 5.41) is 7.81.